The van der Waals surface area contributed by atoms with Crippen LogP contribution in [0.4, 0.5) is 0 Å². The van der Waals surface area contributed by atoms with Gasteiger partial charge in [0.25, 0.3) is 0 Å². The van der Waals surface area contributed by atoms with Crippen LogP contribution in [0.3, 0.4) is 0 Å². The Hall–Kier alpha value is -0.870. The second-order valence-corrected chi connectivity index (χ2v) is 6.48. The summed E-state index contributed by atoms with van der Waals surface area (Å²) in [6.45, 7) is 4.93. The molecule has 110 valence electrons. The molecule has 0 bridgehead atoms. The van der Waals surface area contributed by atoms with E-state index in [9.17, 15) is 4.79 Å². The van der Waals surface area contributed by atoms with Gasteiger partial charge in [-0.1, -0.05) is 22.0 Å². The van der Waals surface area contributed by atoms with Crippen LogP contribution in [0.25, 0.3) is 0 Å². The molecule has 1 aromatic rings. The van der Waals surface area contributed by atoms with Gasteiger partial charge in [0.1, 0.15) is 0 Å². The average molecular weight is 339 g/mol. The Labute approximate surface area is 129 Å². The molecule has 1 aliphatic heterocycles. The minimum absolute atomic E-state index is 0.199. The quantitative estimate of drug-likeness (QED) is 0.866. The van der Waals surface area contributed by atoms with Crippen molar-refractivity contribution in [1.82, 2.24) is 10.6 Å². The second-order valence-electron chi connectivity index (χ2n) is 5.57. The molecule has 0 saturated carbocycles. The molecule has 1 aromatic carbocycles. The summed E-state index contributed by atoms with van der Waals surface area (Å²) in [5, 5.41) is 6.38. The highest BCUT2D eigenvalue weighted by Gasteiger charge is 2.16. The fraction of sp³-hybridized carbons (Fsp3) is 0.562. The number of aryl methyl sites for hydroxylation is 1. The van der Waals surface area contributed by atoms with Crippen LogP contribution in [-0.4, -0.2) is 25.5 Å². The first-order valence-corrected chi connectivity index (χ1v) is 8.17. The standard InChI is InChI=1S/C16H23BrN2O/c1-12-2-3-15(17)11-14(12)6-9-19-16(20)10-13-4-7-18-8-5-13/h2-3,11,13,18H,4-10H2,1H3,(H,19,20). The number of hydrogen-bond donors (Lipinski definition) is 2. The molecule has 0 unspecified atom stereocenters. The van der Waals surface area contributed by atoms with Crippen LogP contribution >= 0.6 is 15.9 Å². The third-order valence-electron chi connectivity index (χ3n) is 3.96. The van der Waals surface area contributed by atoms with Gasteiger partial charge in [-0.15, -0.1) is 0 Å². The number of amides is 1. The van der Waals surface area contributed by atoms with Crippen molar-refractivity contribution in [2.75, 3.05) is 19.6 Å². The van der Waals surface area contributed by atoms with Crippen LogP contribution in [0.1, 0.15) is 30.4 Å². The Balaban J connectivity index is 1.72. The normalized spacial score (nSPS) is 16.1. The lowest BCUT2D eigenvalue weighted by Gasteiger charge is -2.21. The summed E-state index contributed by atoms with van der Waals surface area (Å²) >= 11 is 3.49. The summed E-state index contributed by atoms with van der Waals surface area (Å²) < 4.78 is 1.10. The van der Waals surface area contributed by atoms with E-state index in [-0.39, 0.29) is 5.91 Å². The fourth-order valence-electron chi connectivity index (χ4n) is 2.67. The Bertz CT molecular complexity index is 456. The van der Waals surface area contributed by atoms with Gasteiger partial charge in [0.2, 0.25) is 5.91 Å². The molecule has 0 radical (unpaired) electrons. The Morgan fingerprint density at radius 1 is 1.40 bits per heavy atom. The third kappa shape index (κ3) is 4.91. The largest absolute Gasteiger partial charge is 0.356 e. The van der Waals surface area contributed by atoms with Gasteiger partial charge in [-0.25, -0.2) is 0 Å². The minimum atomic E-state index is 0.199. The molecule has 0 atom stereocenters. The highest BCUT2D eigenvalue weighted by atomic mass is 79.9. The molecule has 0 aromatic heterocycles. The van der Waals surface area contributed by atoms with Crippen LogP contribution < -0.4 is 10.6 Å². The molecule has 4 heteroatoms. The lowest BCUT2D eigenvalue weighted by atomic mass is 9.94. The van der Waals surface area contributed by atoms with E-state index in [1.807, 2.05) is 0 Å². The molecule has 1 aliphatic rings. The van der Waals surface area contributed by atoms with Crippen LogP contribution in [0.15, 0.2) is 22.7 Å². The van der Waals surface area contributed by atoms with Crippen LogP contribution in [0, 0.1) is 12.8 Å². The first kappa shape index (κ1) is 15.5. The van der Waals surface area contributed by atoms with Crippen molar-refractivity contribution in [3.63, 3.8) is 0 Å². The van der Waals surface area contributed by atoms with E-state index in [1.165, 1.54) is 11.1 Å². The Morgan fingerprint density at radius 3 is 2.90 bits per heavy atom. The van der Waals surface area contributed by atoms with E-state index >= 15 is 0 Å². The number of rotatable bonds is 5. The monoisotopic (exact) mass is 338 g/mol. The lowest BCUT2D eigenvalue weighted by Crippen LogP contribution is -2.33. The molecular weight excluding hydrogens is 316 g/mol. The maximum Gasteiger partial charge on any atom is 0.220 e. The Kier molecular flexibility index (Phi) is 6.05. The molecule has 1 heterocycles. The van der Waals surface area contributed by atoms with Crippen molar-refractivity contribution in [3.8, 4) is 0 Å². The maximum atomic E-state index is 11.9. The van der Waals surface area contributed by atoms with Gasteiger partial charge in [0, 0.05) is 17.4 Å². The first-order chi connectivity index (χ1) is 9.65. The van der Waals surface area contributed by atoms with Gasteiger partial charge < -0.3 is 10.6 Å². The first-order valence-electron chi connectivity index (χ1n) is 7.37. The number of nitrogens with one attached hydrogen (secondary N) is 2. The van der Waals surface area contributed by atoms with Gasteiger partial charge in [0.05, 0.1) is 0 Å². The van der Waals surface area contributed by atoms with Crippen molar-refractivity contribution in [1.29, 1.82) is 0 Å². The molecule has 1 saturated heterocycles. The number of carbonyl (C=O) groups excluding carboxylic acids is 1. The van der Waals surface area contributed by atoms with Crippen molar-refractivity contribution in [2.24, 2.45) is 5.92 Å². The van der Waals surface area contributed by atoms with Gasteiger partial charge in [-0.3, -0.25) is 4.79 Å². The summed E-state index contributed by atoms with van der Waals surface area (Å²) in [7, 11) is 0. The fourth-order valence-corrected chi connectivity index (χ4v) is 3.07. The number of piperidine rings is 1. The van der Waals surface area contributed by atoms with Crippen molar-refractivity contribution < 1.29 is 4.79 Å². The van der Waals surface area contributed by atoms with Crippen LogP contribution in [-0.2, 0) is 11.2 Å². The smallest absolute Gasteiger partial charge is 0.220 e. The van der Waals surface area contributed by atoms with E-state index < -0.39 is 0 Å². The number of hydrogen-bond acceptors (Lipinski definition) is 2. The van der Waals surface area contributed by atoms with Crippen molar-refractivity contribution in [3.05, 3.63) is 33.8 Å². The third-order valence-corrected chi connectivity index (χ3v) is 4.45. The topological polar surface area (TPSA) is 41.1 Å². The average Bonchev–Trinajstić information content (AvgIpc) is 2.44. The summed E-state index contributed by atoms with van der Waals surface area (Å²) in [6.07, 6.45) is 3.82. The predicted molar refractivity (Wildman–Crippen MR) is 85.8 cm³/mol. The van der Waals surface area contributed by atoms with Crippen molar-refractivity contribution in [2.45, 2.75) is 32.6 Å². The van der Waals surface area contributed by atoms with E-state index in [4.69, 9.17) is 0 Å². The molecule has 1 amide bonds. The minimum Gasteiger partial charge on any atom is -0.356 e. The molecule has 1 fully saturated rings. The number of halogens is 1. The SMILES string of the molecule is Cc1ccc(Br)cc1CCNC(=O)CC1CCNCC1. The zero-order chi connectivity index (χ0) is 14.4. The highest BCUT2D eigenvalue weighted by molar-refractivity contribution is 9.10. The molecule has 3 nitrogen and oxygen atoms in total. The number of benzene rings is 1. The summed E-state index contributed by atoms with van der Waals surface area (Å²) in [5.41, 5.74) is 2.57. The van der Waals surface area contributed by atoms with E-state index in [0.29, 0.717) is 12.3 Å². The molecular formula is C16H23BrN2O. The second kappa shape index (κ2) is 7.79. The van der Waals surface area contributed by atoms with Gasteiger partial charge in [0.15, 0.2) is 0 Å². The summed E-state index contributed by atoms with van der Waals surface area (Å²) in [5.74, 6) is 0.758. The van der Waals surface area contributed by atoms with Crippen LogP contribution in [0.2, 0.25) is 0 Å². The van der Waals surface area contributed by atoms with Crippen LogP contribution in [0.5, 0.6) is 0 Å². The zero-order valence-corrected chi connectivity index (χ0v) is 13.6. The molecule has 0 aliphatic carbocycles. The summed E-state index contributed by atoms with van der Waals surface area (Å²) in [4.78, 5) is 11.9. The molecule has 2 N–H and O–H groups in total. The highest BCUT2D eigenvalue weighted by Crippen LogP contribution is 2.17. The van der Waals surface area contributed by atoms with Gasteiger partial charge in [-0.05, 0) is 68.5 Å². The molecule has 2 rings (SSSR count). The van der Waals surface area contributed by atoms with E-state index in [1.54, 1.807) is 0 Å². The van der Waals surface area contributed by atoms with Gasteiger partial charge in [-0.2, -0.15) is 0 Å². The van der Waals surface area contributed by atoms with Gasteiger partial charge >= 0.3 is 0 Å². The van der Waals surface area contributed by atoms with Crippen molar-refractivity contribution >= 4 is 21.8 Å². The van der Waals surface area contributed by atoms with E-state index in [0.717, 1.165) is 43.4 Å². The summed E-state index contributed by atoms with van der Waals surface area (Å²) in [6, 6.07) is 6.29. The van der Waals surface area contributed by atoms with E-state index in [2.05, 4.69) is 51.7 Å². The maximum absolute atomic E-state index is 11.9. The lowest BCUT2D eigenvalue weighted by molar-refractivity contribution is -0.122. The predicted octanol–water partition coefficient (Wildman–Crippen LogP) is 2.81. The number of carbonyl (C=O) groups is 1. The zero-order valence-electron chi connectivity index (χ0n) is 12.0. The Morgan fingerprint density at radius 2 is 2.15 bits per heavy atom. The molecule has 0 spiro atoms. The molecule has 20 heavy (non-hydrogen) atoms.